The van der Waals surface area contributed by atoms with Crippen LogP contribution in [0, 0.1) is 5.92 Å². The molecule has 0 spiro atoms. The first kappa shape index (κ1) is 16.3. The highest BCUT2D eigenvalue weighted by molar-refractivity contribution is 5.95. The van der Waals surface area contributed by atoms with E-state index in [1.807, 2.05) is 0 Å². The third kappa shape index (κ3) is 5.51. The zero-order chi connectivity index (χ0) is 15.0. The summed E-state index contributed by atoms with van der Waals surface area (Å²) in [5, 5.41) is 2.89. The number of nitrogens with one attached hydrogen (secondary N) is 1. The van der Waals surface area contributed by atoms with Crippen LogP contribution in [0.15, 0.2) is 18.2 Å². The number of nitrogen functional groups attached to an aromatic ring is 1. The number of ether oxygens (including phenoxy) is 1. The van der Waals surface area contributed by atoms with Crippen molar-refractivity contribution in [1.82, 2.24) is 5.32 Å². The fourth-order valence-electron chi connectivity index (χ4n) is 1.72. The molecule has 0 atom stereocenters. The zero-order valence-corrected chi connectivity index (χ0v) is 12.7. The number of hydrogen-bond acceptors (Lipinski definition) is 3. The van der Waals surface area contributed by atoms with Gasteiger partial charge in [-0.2, -0.15) is 0 Å². The standard InChI is InChI=1S/C16H26N2O2/c1-4-5-10-20-15-7-6-13(11-14(15)17)16(19)18-9-8-12(2)3/h6-7,11-12H,4-5,8-10,17H2,1-3H3,(H,18,19). The number of amides is 1. The molecule has 20 heavy (non-hydrogen) atoms. The van der Waals surface area contributed by atoms with E-state index in [1.165, 1.54) is 0 Å². The predicted octanol–water partition coefficient (Wildman–Crippen LogP) is 3.22. The predicted molar refractivity (Wildman–Crippen MR) is 83.0 cm³/mol. The van der Waals surface area contributed by atoms with Gasteiger partial charge in [0.05, 0.1) is 12.3 Å². The molecule has 0 unspecified atom stereocenters. The van der Waals surface area contributed by atoms with Crippen LogP contribution < -0.4 is 15.8 Å². The van der Waals surface area contributed by atoms with Crippen molar-refractivity contribution in [2.75, 3.05) is 18.9 Å². The normalized spacial score (nSPS) is 10.6. The number of carbonyl (C=O) groups is 1. The lowest BCUT2D eigenvalue weighted by Crippen LogP contribution is -2.25. The minimum Gasteiger partial charge on any atom is -0.491 e. The summed E-state index contributed by atoms with van der Waals surface area (Å²) in [6.07, 6.45) is 3.05. The van der Waals surface area contributed by atoms with Gasteiger partial charge in [-0.1, -0.05) is 27.2 Å². The molecule has 3 N–H and O–H groups in total. The molecule has 0 aliphatic rings. The van der Waals surface area contributed by atoms with E-state index in [4.69, 9.17) is 10.5 Å². The molecule has 0 heterocycles. The van der Waals surface area contributed by atoms with E-state index in [1.54, 1.807) is 18.2 Å². The molecule has 1 rings (SSSR count). The molecule has 0 saturated heterocycles. The number of carbonyl (C=O) groups excluding carboxylic acids is 1. The topological polar surface area (TPSA) is 64.3 Å². The Bertz CT molecular complexity index is 430. The maximum Gasteiger partial charge on any atom is 0.251 e. The van der Waals surface area contributed by atoms with Gasteiger partial charge in [-0.3, -0.25) is 4.79 Å². The van der Waals surface area contributed by atoms with Gasteiger partial charge in [0.15, 0.2) is 0 Å². The highest BCUT2D eigenvalue weighted by Crippen LogP contribution is 2.22. The van der Waals surface area contributed by atoms with Gasteiger partial charge in [0.2, 0.25) is 0 Å². The maximum absolute atomic E-state index is 11.9. The van der Waals surface area contributed by atoms with Gasteiger partial charge >= 0.3 is 0 Å². The van der Waals surface area contributed by atoms with Crippen molar-refractivity contribution in [2.24, 2.45) is 5.92 Å². The fraction of sp³-hybridized carbons (Fsp3) is 0.562. The quantitative estimate of drug-likeness (QED) is 0.567. The van der Waals surface area contributed by atoms with Crippen molar-refractivity contribution in [3.05, 3.63) is 23.8 Å². The van der Waals surface area contributed by atoms with Crippen LogP contribution in [0.1, 0.15) is 50.4 Å². The molecule has 4 nitrogen and oxygen atoms in total. The van der Waals surface area contributed by atoms with Crippen LogP contribution in [0.25, 0.3) is 0 Å². The van der Waals surface area contributed by atoms with Crippen molar-refractivity contribution >= 4 is 11.6 Å². The van der Waals surface area contributed by atoms with E-state index in [-0.39, 0.29) is 5.91 Å². The van der Waals surface area contributed by atoms with Gasteiger partial charge in [-0.05, 0) is 37.0 Å². The Hall–Kier alpha value is -1.71. The number of rotatable bonds is 8. The number of nitrogens with two attached hydrogens (primary N) is 1. The molecule has 4 heteroatoms. The largest absolute Gasteiger partial charge is 0.491 e. The van der Waals surface area contributed by atoms with Gasteiger partial charge in [0.1, 0.15) is 5.75 Å². The summed E-state index contributed by atoms with van der Waals surface area (Å²) in [6, 6.07) is 5.19. The first-order chi connectivity index (χ1) is 9.54. The summed E-state index contributed by atoms with van der Waals surface area (Å²) in [5.74, 6) is 1.14. The van der Waals surface area contributed by atoms with E-state index in [0.717, 1.165) is 19.3 Å². The van der Waals surface area contributed by atoms with E-state index in [9.17, 15) is 4.79 Å². The van der Waals surface area contributed by atoms with Crippen molar-refractivity contribution in [2.45, 2.75) is 40.0 Å². The van der Waals surface area contributed by atoms with Crippen LogP contribution >= 0.6 is 0 Å². The fourth-order valence-corrected chi connectivity index (χ4v) is 1.72. The molecule has 0 fully saturated rings. The Balaban J connectivity index is 2.55. The van der Waals surface area contributed by atoms with Gasteiger partial charge in [0, 0.05) is 12.1 Å². The summed E-state index contributed by atoms with van der Waals surface area (Å²) >= 11 is 0. The van der Waals surface area contributed by atoms with Crippen LogP contribution in [-0.2, 0) is 0 Å². The molecule has 0 aliphatic heterocycles. The Kier molecular flexibility index (Phi) is 6.91. The van der Waals surface area contributed by atoms with Crippen molar-refractivity contribution < 1.29 is 9.53 Å². The van der Waals surface area contributed by atoms with E-state index in [2.05, 4.69) is 26.1 Å². The SMILES string of the molecule is CCCCOc1ccc(C(=O)NCCC(C)C)cc1N. The van der Waals surface area contributed by atoms with Gasteiger partial charge in [0.25, 0.3) is 5.91 Å². The second-order valence-corrected chi connectivity index (χ2v) is 5.39. The van der Waals surface area contributed by atoms with Crippen molar-refractivity contribution in [3.8, 4) is 5.75 Å². The average molecular weight is 278 g/mol. The van der Waals surface area contributed by atoms with E-state index >= 15 is 0 Å². The molecule has 0 aliphatic carbocycles. The van der Waals surface area contributed by atoms with Crippen LogP contribution in [-0.4, -0.2) is 19.1 Å². The molecule has 0 bridgehead atoms. The van der Waals surface area contributed by atoms with Gasteiger partial charge < -0.3 is 15.8 Å². The number of unbranched alkanes of at least 4 members (excludes halogenated alkanes) is 1. The first-order valence-corrected chi connectivity index (χ1v) is 7.35. The second kappa shape index (κ2) is 8.46. The van der Waals surface area contributed by atoms with Gasteiger partial charge in [-0.25, -0.2) is 0 Å². The Labute approximate surface area is 121 Å². The summed E-state index contributed by atoms with van der Waals surface area (Å²) < 4.78 is 5.57. The summed E-state index contributed by atoms with van der Waals surface area (Å²) in [4.78, 5) is 11.9. The molecule has 112 valence electrons. The highest BCUT2D eigenvalue weighted by Gasteiger charge is 2.08. The third-order valence-corrected chi connectivity index (χ3v) is 3.03. The molecule has 0 aromatic heterocycles. The third-order valence-electron chi connectivity index (χ3n) is 3.03. The summed E-state index contributed by atoms with van der Waals surface area (Å²) in [6.45, 7) is 7.71. The molecule has 0 radical (unpaired) electrons. The number of anilines is 1. The number of benzene rings is 1. The van der Waals surface area contributed by atoms with Crippen LogP contribution in [0.4, 0.5) is 5.69 Å². The average Bonchev–Trinajstić information content (AvgIpc) is 2.40. The molecule has 0 saturated carbocycles. The molecular weight excluding hydrogens is 252 g/mol. The lowest BCUT2D eigenvalue weighted by atomic mass is 10.1. The zero-order valence-electron chi connectivity index (χ0n) is 12.7. The van der Waals surface area contributed by atoms with Crippen molar-refractivity contribution in [3.63, 3.8) is 0 Å². The molecule has 1 aromatic carbocycles. The second-order valence-electron chi connectivity index (χ2n) is 5.39. The Morgan fingerprint density at radius 3 is 2.75 bits per heavy atom. The van der Waals surface area contributed by atoms with Gasteiger partial charge in [-0.15, -0.1) is 0 Å². The smallest absolute Gasteiger partial charge is 0.251 e. The minimum atomic E-state index is -0.0857. The first-order valence-electron chi connectivity index (χ1n) is 7.35. The van der Waals surface area contributed by atoms with Crippen LogP contribution in [0.3, 0.4) is 0 Å². The Morgan fingerprint density at radius 1 is 1.40 bits per heavy atom. The van der Waals surface area contributed by atoms with E-state index < -0.39 is 0 Å². The molecule has 1 amide bonds. The Morgan fingerprint density at radius 2 is 2.15 bits per heavy atom. The molecular formula is C16H26N2O2. The monoisotopic (exact) mass is 278 g/mol. The lowest BCUT2D eigenvalue weighted by Gasteiger charge is -2.11. The van der Waals surface area contributed by atoms with Crippen LogP contribution in [0.5, 0.6) is 5.75 Å². The summed E-state index contributed by atoms with van der Waals surface area (Å²) in [5.41, 5.74) is 7.00. The molecule has 1 aromatic rings. The summed E-state index contributed by atoms with van der Waals surface area (Å²) in [7, 11) is 0. The highest BCUT2D eigenvalue weighted by atomic mass is 16.5. The minimum absolute atomic E-state index is 0.0857. The maximum atomic E-state index is 11.9. The number of hydrogen-bond donors (Lipinski definition) is 2. The van der Waals surface area contributed by atoms with E-state index in [0.29, 0.717) is 36.1 Å². The van der Waals surface area contributed by atoms with Crippen LogP contribution in [0.2, 0.25) is 0 Å². The lowest BCUT2D eigenvalue weighted by molar-refractivity contribution is 0.0952. The van der Waals surface area contributed by atoms with Crippen molar-refractivity contribution in [1.29, 1.82) is 0 Å².